The van der Waals surface area contributed by atoms with Gasteiger partial charge in [0.2, 0.25) is 0 Å². The first-order valence-electron chi connectivity index (χ1n) is 5.08. The molecule has 80 valence electrons. The second-order valence-electron chi connectivity index (χ2n) is 3.63. The van der Waals surface area contributed by atoms with E-state index in [4.69, 9.17) is 0 Å². The summed E-state index contributed by atoms with van der Waals surface area (Å²) in [5, 5.41) is 12.4. The molecular formula is C11H15N3S. The number of aromatic nitrogens is 2. The van der Waals surface area contributed by atoms with E-state index in [-0.39, 0.29) is 0 Å². The average molecular weight is 221 g/mol. The van der Waals surface area contributed by atoms with E-state index >= 15 is 0 Å². The summed E-state index contributed by atoms with van der Waals surface area (Å²) in [7, 11) is 0. The summed E-state index contributed by atoms with van der Waals surface area (Å²) in [4.78, 5) is 1.44. The third-order valence-electron chi connectivity index (χ3n) is 2.35. The Morgan fingerprint density at radius 3 is 3.13 bits per heavy atom. The van der Waals surface area contributed by atoms with Crippen molar-refractivity contribution in [3.05, 3.63) is 40.3 Å². The molecule has 0 aromatic carbocycles. The zero-order valence-corrected chi connectivity index (χ0v) is 9.55. The molecular weight excluding hydrogens is 206 g/mol. The van der Waals surface area contributed by atoms with E-state index in [1.807, 2.05) is 17.4 Å². The van der Waals surface area contributed by atoms with E-state index in [9.17, 15) is 0 Å². The van der Waals surface area contributed by atoms with Gasteiger partial charge < -0.3 is 5.32 Å². The summed E-state index contributed by atoms with van der Waals surface area (Å²) in [6, 6.07) is 6.28. The van der Waals surface area contributed by atoms with Crippen molar-refractivity contribution in [3.63, 3.8) is 0 Å². The monoisotopic (exact) mass is 221 g/mol. The molecule has 2 aromatic rings. The number of hydrogen-bond acceptors (Lipinski definition) is 3. The van der Waals surface area contributed by atoms with Crippen molar-refractivity contribution in [2.75, 3.05) is 6.54 Å². The summed E-state index contributed by atoms with van der Waals surface area (Å²) in [5.74, 6) is 0.577. The molecule has 0 aliphatic carbocycles. The van der Waals surface area contributed by atoms with E-state index in [0.29, 0.717) is 5.92 Å². The molecule has 0 radical (unpaired) electrons. The first-order valence-corrected chi connectivity index (χ1v) is 5.96. The van der Waals surface area contributed by atoms with Crippen LogP contribution >= 0.6 is 11.3 Å². The van der Waals surface area contributed by atoms with E-state index in [1.165, 1.54) is 4.88 Å². The van der Waals surface area contributed by atoms with Crippen molar-refractivity contribution in [1.29, 1.82) is 0 Å². The van der Waals surface area contributed by atoms with Crippen LogP contribution in [0.25, 0.3) is 0 Å². The standard InChI is InChI=1S/C11H15N3S/c1-9(11-3-2-6-15-11)7-12-8-10-4-5-13-14-10/h2-6,9,12H,7-8H2,1H3,(H,13,14). The van der Waals surface area contributed by atoms with Crippen LogP contribution in [-0.4, -0.2) is 16.7 Å². The molecule has 2 heterocycles. The number of nitrogens with one attached hydrogen (secondary N) is 2. The maximum Gasteiger partial charge on any atom is 0.0490 e. The zero-order chi connectivity index (χ0) is 10.5. The molecule has 2 N–H and O–H groups in total. The van der Waals surface area contributed by atoms with E-state index in [0.717, 1.165) is 18.8 Å². The summed E-state index contributed by atoms with van der Waals surface area (Å²) in [6.45, 7) is 4.10. The van der Waals surface area contributed by atoms with Gasteiger partial charge in [0, 0.05) is 35.8 Å². The van der Waals surface area contributed by atoms with Crippen LogP contribution < -0.4 is 5.32 Å². The molecule has 1 unspecified atom stereocenters. The van der Waals surface area contributed by atoms with Gasteiger partial charge in [-0.2, -0.15) is 5.10 Å². The van der Waals surface area contributed by atoms with Crippen molar-refractivity contribution >= 4 is 11.3 Å². The second-order valence-corrected chi connectivity index (χ2v) is 4.61. The van der Waals surface area contributed by atoms with Gasteiger partial charge in [0.05, 0.1) is 0 Å². The molecule has 2 rings (SSSR count). The molecule has 0 saturated heterocycles. The maximum absolute atomic E-state index is 3.91. The number of thiophene rings is 1. The minimum absolute atomic E-state index is 0.577. The van der Waals surface area contributed by atoms with Gasteiger partial charge in [-0.1, -0.05) is 13.0 Å². The molecule has 0 spiro atoms. The Hall–Kier alpha value is -1.13. The number of aromatic amines is 1. The normalized spacial score (nSPS) is 12.9. The Bertz CT molecular complexity index is 366. The highest BCUT2D eigenvalue weighted by Crippen LogP contribution is 2.19. The Balaban J connectivity index is 1.74. The van der Waals surface area contributed by atoms with Crippen LogP contribution in [0.2, 0.25) is 0 Å². The molecule has 3 nitrogen and oxygen atoms in total. The van der Waals surface area contributed by atoms with Crippen molar-refractivity contribution < 1.29 is 0 Å². The lowest BCUT2D eigenvalue weighted by Crippen LogP contribution is -2.19. The van der Waals surface area contributed by atoms with Crippen molar-refractivity contribution in [2.24, 2.45) is 0 Å². The largest absolute Gasteiger partial charge is 0.311 e. The molecule has 4 heteroatoms. The first kappa shape index (κ1) is 10.4. The smallest absolute Gasteiger partial charge is 0.0490 e. The number of rotatable bonds is 5. The predicted octanol–water partition coefficient (Wildman–Crippen LogP) is 2.36. The first-order chi connectivity index (χ1) is 7.36. The Morgan fingerprint density at radius 1 is 1.53 bits per heavy atom. The molecule has 0 amide bonds. The summed E-state index contributed by atoms with van der Waals surface area (Å²) < 4.78 is 0. The second kappa shape index (κ2) is 5.09. The Kier molecular flexibility index (Phi) is 3.53. The van der Waals surface area contributed by atoms with Gasteiger partial charge in [0.25, 0.3) is 0 Å². The average Bonchev–Trinajstić information content (AvgIpc) is 2.90. The predicted molar refractivity (Wildman–Crippen MR) is 63.0 cm³/mol. The highest BCUT2D eigenvalue weighted by molar-refractivity contribution is 7.10. The quantitative estimate of drug-likeness (QED) is 0.813. The van der Waals surface area contributed by atoms with Crippen molar-refractivity contribution in [2.45, 2.75) is 19.4 Å². The van der Waals surface area contributed by atoms with Crippen LogP contribution in [0.4, 0.5) is 0 Å². The third kappa shape index (κ3) is 2.91. The highest BCUT2D eigenvalue weighted by atomic mass is 32.1. The van der Waals surface area contributed by atoms with Crippen LogP contribution in [0, 0.1) is 0 Å². The molecule has 2 aromatic heterocycles. The van der Waals surface area contributed by atoms with E-state index in [2.05, 4.69) is 40.0 Å². The SMILES string of the molecule is CC(CNCc1ccn[nH]1)c1cccs1. The van der Waals surface area contributed by atoms with Gasteiger partial charge in [0.15, 0.2) is 0 Å². The fourth-order valence-electron chi connectivity index (χ4n) is 1.48. The molecule has 0 saturated carbocycles. The molecule has 1 atom stereocenters. The fourth-order valence-corrected chi connectivity index (χ4v) is 2.27. The zero-order valence-electron chi connectivity index (χ0n) is 8.73. The fraction of sp³-hybridized carbons (Fsp3) is 0.364. The van der Waals surface area contributed by atoms with Crippen molar-refractivity contribution in [3.8, 4) is 0 Å². The molecule has 0 bridgehead atoms. The van der Waals surface area contributed by atoms with Crippen LogP contribution in [0.1, 0.15) is 23.4 Å². The lowest BCUT2D eigenvalue weighted by molar-refractivity contribution is 0.613. The number of nitrogens with zero attached hydrogens (tertiary/aromatic N) is 1. The number of hydrogen-bond donors (Lipinski definition) is 2. The van der Waals surface area contributed by atoms with Crippen LogP contribution in [0.15, 0.2) is 29.8 Å². The summed E-state index contributed by atoms with van der Waals surface area (Å²) in [6.07, 6.45) is 1.78. The third-order valence-corrected chi connectivity index (χ3v) is 3.46. The van der Waals surface area contributed by atoms with Gasteiger partial charge in [-0.05, 0) is 17.5 Å². The lowest BCUT2D eigenvalue weighted by Gasteiger charge is -2.09. The molecule has 0 fully saturated rings. The van der Waals surface area contributed by atoms with Gasteiger partial charge >= 0.3 is 0 Å². The van der Waals surface area contributed by atoms with Crippen molar-refractivity contribution in [1.82, 2.24) is 15.5 Å². The summed E-state index contributed by atoms with van der Waals surface area (Å²) >= 11 is 1.82. The van der Waals surface area contributed by atoms with Crippen LogP contribution in [-0.2, 0) is 6.54 Å². The Labute approximate surface area is 93.5 Å². The maximum atomic E-state index is 3.91. The van der Waals surface area contributed by atoms with Crippen LogP contribution in [0.5, 0.6) is 0 Å². The molecule has 0 aliphatic rings. The van der Waals surface area contributed by atoms with Crippen LogP contribution in [0.3, 0.4) is 0 Å². The topological polar surface area (TPSA) is 40.7 Å². The van der Waals surface area contributed by atoms with Gasteiger partial charge in [0.1, 0.15) is 0 Å². The minimum atomic E-state index is 0.577. The van der Waals surface area contributed by atoms with E-state index < -0.39 is 0 Å². The van der Waals surface area contributed by atoms with Gasteiger partial charge in [-0.3, -0.25) is 5.10 Å². The highest BCUT2D eigenvalue weighted by Gasteiger charge is 2.05. The molecule has 15 heavy (non-hydrogen) atoms. The molecule has 0 aliphatic heterocycles. The minimum Gasteiger partial charge on any atom is -0.311 e. The van der Waals surface area contributed by atoms with E-state index in [1.54, 1.807) is 6.20 Å². The van der Waals surface area contributed by atoms with Gasteiger partial charge in [-0.25, -0.2) is 0 Å². The Morgan fingerprint density at radius 2 is 2.47 bits per heavy atom. The summed E-state index contributed by atoms with van der Waals surface area (Å²) in [5.41, 5.74) is 1.13. The number of H-pyrrole nitrogens is 1. The van der Waals surface area contributed by atoms with Gasteiger partial charge in [-0.15, -0.1) is 11.3 Å². The lowest BCUT2D eigenvalue weighted by atomic mass is 10.1.